The maximum absolute atomic E-state index is 12.5. The van der Waals surface area contributed by atoms with E-state index in [2.05, 4.69) is 10.6 Å². The molecular formula is C14H18I3N3O6. The molecule has 2 atom stereocenters. The van der Waals surface area contributed by atoms with E-state index in [-0.39, 0.29) is 29.9 Å². The number of anilines is 1. The van der Waals surface area contributed by atoms with Gasteiger partial charge in [-0.05, 0) is 67.8 Å². The van der Waals surface area contributed by atoms with Crippen LogP contribution < -0.4 is 16.4 Å². The van der Waals surface area contributed by atoms with Crippen LogP contribution >= 0.6 is 67.8 Å². The SMILES string of the molecule is Nc1c(I)c(C(=O)NCC(O)CO)c(I)c(C(=O)NC[C@H](O)CO)c1I. The van der Waals surface area contributed by atoms with E-state index in [9.17, 15) is 19.8 Å². The molecule has 0 spiro atoms. The van der Waals surface area contributed by atoms with Gasteiger partial charge in [0, 0.05) is 16.7 Å². The largest absolute Gasteiger partial charge is 0.397 e. The summed E-state index contributed by atoms with van der Waals surface area (Å²) in [4.78, 5) is 25.0. The summed E-state index contributed by atoms with van der Waals surface area (Å²) in [6.45, 7) is -1.30. The monoisotopic (exact) mass is 705 g/mol. The molecule has 1 rings (SSSR count). The first-order chi connectivity index (χ1) is 12.1. The standard InChI is InChI=1S/C14H18I3N3O6/c15-9-7(13(25)19-1-5(23)3-21)10(16)12(18)11(17)8(9)14(26)20-2-6(24)4-22/h5-6,21-24H,1-4,18H2,(H,19,25)(H,20,26)/t5-,6?/m0/s1. The first-order valence-corrected chi connectivity index (χ1v) is 10.5. The van der Waals surface area contributed by atoms with Crippen LogP contribution in [0.25, 0.3) is 0 Å². The Bertz CT molecular complexity index is 635. The molecule has 0 saturated carbocycles. The van der Waals surface area contributed by atoms with E-state index in [1.54, 1.807) is 0 Å². The predicted molar refractivity (Wildman–Crippen MR) is 120 cm³/mol. The van der Waals surface area contributed by atoms with Gasteiger partial charge in [-0.3, -0.25) is 9.59 Å². The van der Waals surface area contributed by atoms with Gasteiger partial charge in [0.15, 0.2) is 0 Å². The maximum atomic E-state index is 12.5. The van der Waals surface area contributed by atoms with Crippen molar-refractivity contribution >= 4 is 85.3 Å². The van der Waals surface area contributed by atoms with Crippen LogP contribution in [0.1, 0.15) is 20.7 Å². The zero-order valence-electron chi connectivity index (χ0n) is 13.3. The minimum absolute atomic E-state index is 0.155. The highest BCUT2D eigenvalue weighted by molar-refractivity contribution is 14.1. The van der Waals surface area contributed by atoms with Gasteiger partial charge < -0.3 is 36.8 Å². The molecular weight excluding hydrogens is 687 g/mol. The van der Waals surface area contributed by atoms with Crippen molar-refractivity contribution in [3.8, 4) is 0 Å². The fraction of sp³-hybridized carbons (Fsp3) is 0.429. The van der Waals surface area contributed by atoms with Gasteiger partial charge in [0.1, 0.15) is 0 Å². The number of carbonyl (C=O) groups excluding carboxylic acids is 2. The van der Waals surface area contributed by atoms with E-state index in [0.717, 1.165) is 0 Å². The van der Waals surface area contributed by atoms with Crippen LogP contribution in [0.4, 0.5) is 5.69 Å². The molecule has 1 unspecified atom stereocenters. The van der Waals surface area contributed by atoms with Crippen molar-refractivity contribution in [3.63, 3.8) is 0 Å². The van der Waals surface area contributed by atoms with Gasteiger partial charge in [0.25, 0.3) is 11.8 Å². The molecule has 1 aromatic rings. The van der Waals surface area contributed by atoms with Gasteiger partial charge in [0.2, 0.25) is 0 Å². The Hall–Kier alpha value is -0.0100. The molecule has 0 radical (unpaired) electrons. The molecule has 0 fully saturated rings. The van der Waals surface area contributed by atoms with Crippen LogP contribution in [0, 0.1) is 10.7 Å². The fourth-order valence-corrected chi connectivity index (χ4v) is 5.95. The number of carbonyl (C=O) groups is 2. The molecule has 146 valence electrons. The maximum Gasteiger partial charge on any atom is 0.253 e. The van der Waals surface area contributed by atoms with Gasteiger partial charge in [-0.1, -0.05) is 0 Å². The summed E-state index contributed by atoms with van der Waals surface area (Å²) in [6.07, 6.45) is -2.20. The molecule has 2 amide bonds. The third-order valence-electron chi connectivity index (χ3n) is 3.22. The summed E-state index contributed by atoms with van der Waals surface area (Å²) in [5, 5.41) is 41.4. The number of nitrogens with one attached hydrogen (secondary N) is 2. The Kier molecular flexibility index (Phi) is 10.3. The second kappa shape index (κ2) is 11.1. The van der Waals surface area contributed by atoms with E-state index in [0.29, 0.717) is 10.7 Å². The van der Waals surface area contributed by atoms with Crippen LogP contribution in [0.2, 0.25) is 0 Å². The topological polar surface area (TPSA) is 165 Å². The number of nitrogens with two attached hydrogens (primary N) is 1. The van der Waals surface area contributed by atoms with Crippen LogP contribution in [0.15, 0.2) is 0 Å². The summed E-state index contributed by atoms with van der Waals surface area (Å²) >= 11 is 5.67. The Balaban J connectivity index is 3.22. The van der Waals surface area contributed by atoms with Crippen molar-refractivity contribution in [2.45, 2.75) is 12.2 Å². The van der Waals surface area contributed by atoms with Crippen molar-refractivity contribution in [2.24, 2.45) is 0 Å². The Morgan fingerprint density at radius 2 is 1.19 bits per heavy atom. The lowest BCUT2D eigenvalue weighted by Crippen LogP contribution is -2.37. The number of hydrogen-bond donors (Lipinski definition) is 7. The highest BCUT2D eigenvalue weighted by atomic mass is 127. The summed E-state index contributed by atoms with van der Waals surface area (Å²) in [5.74, 6) is -1.09. The predicted octanol–water partition coefficient (Wildman–Crippen LogP) is -0.751. The number of halogens is 3. The highest BCUT2D eigenvalue weighted by Gasteiger charge is 2.27. The van der Waals surface area contributed by atoms with E-state index in [4.69, 9.17) is 15.9 Å². The van der Waals surface area contributed by atoms with E-state index >= 15 is 0 Å². The zero-order chi connectivity index (χ0) is 20.0. The normalized spacial score (nSPS) is 13.2. The summed E-state index contributed by atoms with van der Waals surface area (Å²) in [6, 6.07) is 0. The number of amides is 2. The minimum Gasteiger partial charge on any atom is -0.397 e. The smallest absolute Gasteiger partial charge is 0.253 e. The van der Waals surface area contributed by atoms with E-state index in [1.165, 1.54) is 0 Å². The lowest BCUT2D eigenvalue weighted by molar-refractivity contribution is 0.0798. The van der Waals surface area contributed by atoms with Gasteiger partial charge >= 0.3 is 0 Å². The lowest BCUT2D eigenvalue weighted by atomic mass is 10.1. The Morgan fingerprint density at radius 3 is 1.50 bits per heavy atom. The molecule has 0 aliphatic heterocycles. The summed E-state index contributed by atoms with van der Waals surface area (Å²) in [5.41, 5.74) is 6.66. The summed E-state index contributed by atoms with van der Waals surface area (Å²) in [7, 11) is 0. The molecule has 0 aliphatic carbocycles. The Labute approximate surface area is 190 Å². The molecule has 0 aromatic heterocycles. The first-order valence-electron chi connectivity index (χ1n) is 7.25. The number of hydrogen-bond acceptors (Lipinski definition) is 7. The second-order valence-electron chi connectivity index (χ2n) is 5.20. The zero-order valence-corrected chi connectivity index (χ0v) is 19.8. The van der Waals surface area contributed by atoms with Crippen molar-refractivity contribution in [3.05, 3.63) is 21.8 Å². The number of benzene rings is 1. The van der Waals surface area contributed by atoms with E-state index < -0.39 is 37.2 Å². The van der Waals surface area contributed by atoms with Crippen molar-refractivity contribution < 1.29 is 30.0 Å². The van der Waals surface area contributed by atoms with Crippen LogP contribution in [-0.2, 0) is 0 Å². The molecule has 9 nitrogen and oxygen atoms in total. The molecule has 12 heteroatoms. The van der Waals surface area contributed by atoms with E-state index in [1.807, 2.05) is 67.8 Å². The summed E-state index contributed by atoms with van der Waals surface area (Å²) < 4.78 is 1.27. The van der Waals surface area contributed by atoms with Crippen LogP contribution in [0.5, 0.6) is 0 Å². The average Bonchev–Trinajstić information content (AvgIpc) is 2.62. The average molecular weight is 705 g/mol. The number of nitrogen functional groups attached to an aromatic ring is 1. The molecule has 26 heavy (non-hydrogen) atoms. The second-order valence-corrected chi connectivity index (χ2v) is 8.43. The molecule has 0 bridgehead atoms. The molecule has 0 heterocycles. The molecule has 0 aliphatic rings. The minimum atomic E-state index is -1.10. The highest BCUT2D eigenvalue weighted by Crippen LogP contribution is 2.33. The van der Waals surface area contributed by atoms with Crippen molar-refractivity contribution in [2.75, 3.05) is 32.0 Å². The molecule has 1 aromatic carbocycles. The van der Waals surface area contributed by atoms with Gasteiger partial charge in [-0.25, -0.2) is 0 Å². The third-order valence-corrected chi connectivity index (χ3v) is 6.54. The molecule has 0 saturated heterocycles. The fourth-order valence-electron chi connectivity index (χ4n) is 1.81. The van der Waals surface area contributed by atoms with Gasteiger partial charge in [-0.15, -0.1) is 0 Å². The molecule has 8 N–H and O–H groups in total. The van der Waals surface area contributed by atoms with Gasteiger partial charge in [-0.2, -0.15) is 0 Å². The van der Waals surface area contributed by atoms with Crippen molar-refractivity contribution in [1.82, 2.24) is 10.6 Å². The number of aliphatic hydroxyl groups excluding tert-OH is 4. The van der Waals surface area contributed by atoms with Crippen molar-refractivity contribution in [1.29, 1.82) is 0 Å². The first kappa shape index (κ1) is 24.0. The van der Waals surface area contributed by atoms with Crippen LogP contribution in [-0.4, -0.2) is 70.8 Å². The van der Waals surface area contributed by atoms with Crippen LogP contribution in [0.3, 0.4) is 0 Å². The quantitative estimate of drug-likeness (QED) is 0.138. The lowest BCUT2D eigenvalue weighted by Gasteiger charge is -2.18. The third kappa shape index (κ3) is 5.99. The number of rotatable bonds is 8. The Morgan fingerprint density at radius 1 is 0.846 bits per heavy atom. The van der Waals surface area contributed by atoms with Gasteiger partial charge in [0.05, 0.1) is 49.4 Å². The number of aliphatic hydroxyl groups is 4.